The molecule has 0 spiro atoms. The number of hydrogen-bond acceptors (Lipinski definition) is 3. The molecular formula is C17H20ClN3. The maximum absolute atomic E-state index is 9.23. The van der Waals surface area contributed by atoms with Gasteiger partial charge in [0.15, 0.2) is 0 Å². The summed E-state index contributed by atoms with van der Waals surface area (Å²) in [5.74, 6) is -0.0449. The van der Waals surface area contributed by atoms with E-state index in [4.69, 9.17) is 16.9 Å². The summed E-state index contributed by atoms with van der Waals surface area (Å²) >= 11 is 6.25. The van der Waals surface area contributed by atoms with Crippen LogP contribution in [0.15, 0.2) is 24.3 Å². The quantitative estimate of drug-likeness (QED) is 0.803. The largest absolute Gasteiger partial charge is 0.299 e. The highest BCUT2D eigenvalue weighted by molar-refractivity contribution is 6.31. The summed E-state index contributed by atoms with van der Waals surface area (Å²) in [5.41, 5.74) is 1.18. The lowest BCUT2D eigenvalue weighted by Gasteiger charge is -2.26. The van der Waals surface area contributed by atoms with E-state index in [9.17, 15) is 5.26 Å². The normalized spacial score (nSPS) is 19.9. The fourth-order valence-electron chi connectivity index (χ4n) is 3.00. The first-order valence-electron chi connectivity index (χ1n) is 7.48. The first kappa shape index (κ1) is 15.8. The maximum atomic E-state index is 9.23. The van der Waals surface area contributed by atoms with E-state index in [1.165, 1.54) is 12.0 Å². The molecule has 0 unspecified atom stereocenters. The summed E-state index contributed by atoms with van der Waals surface area (Å²) in [5, 5.41) is 18.7. The van der Waals surface area contributed by atoms with Crippen LogP contribution in [0.25, 0.3) is 0 Å². The van der Waals surface area contributed by atoms with E-state index in [1.807, 2.05) is 18.2 Å². The Kier molecular flexibility index (Phi) is 6.05. The van der Waals surface area contributed by atoms with Gasteiger partial charge >= 0.3 is 0 Å². The molecule has 1 aliphatic heterocycles. The molecule has 1 aliphatic rings. The van der Waals surface area contributed by atoms with Gasteiger partial charge in [-0.2, -0.15) is 10.5 Å². The Bertz CT molecular complexity index is 544. The van der Waals surface area contributed by atoms with Crippen LogP contribution in [0.2, 0.25) is 5.02 Å². The molecule has 1 aromatic rings. The third-order valence-corrected chi connectivity index (χ3v) is 4.52. The Morgan fingerprint density at radius 3 is 2.86 bits per heavy atom. The summed E-state index contributed by atoms with van der Waals surface area (Å²) in [7, 11) is 0. The molecule has 4 heteroatoms. The van der Waals surface area contributed by atoms with E-state index in [1.54, 1.807) is 0 Å². The SMILES string of the molecule is N#CCC[C@H](C#N)CN1CCC[C@H]1Cc1ccccc1Cl. The molecule has 0 aromatic heterocycles. The molecule has 0 saturated carbocycles. The lowest BCUT2D eigenvalue weighted by molar-refractivity contribution is 0.227. The predicted octanol–water partition coefficient (Wildman–Crippen LogP) is 3.79. The molecule has 1 saturated heterocycles. The van der Waals surface area contributed by atoms with Crippen LogP contribution in [-0.4, -0.2) is 24.0 Å². The lowest BCUT2D eigenvalue weighted by atomic mass is 10.0. The topological polar surface area (TPSA) is 50.8 Å². The zero-order valence-electron chi connectivity index (χ0n) is 12.1. The van der Waals surface area contributed by atoms with Crippen molar-refractivity contribution in [1.29, 1.82) is 10.5 Å². The van der Waals surface area contributed by atoms with Gasteiger partial charge in [-0.25, -0.2) is 0 Å². The number of halogens is 1. The average Bonchev–Trinajstić information content (AvgIpc) is 2.93. The molecule has 0 amide bonds. The minimum absolute atomic E-state index is 0.0449. The van der Waals surface area contributed by atoms with Crippen molar-refractivity contribution in [3.8, 4) is 12.1 Å². The second-order valence-electron chi connectivity index (χ2n) is 5.61. The maximum Gasteiger partial charge on any atom is 0.0669 e. The number of rotatable bonds is 6. The standard InChI is InChI=1S/C17H20ClN3/c18-17-8-2-1-6-15(17)11-16-7-4-10-21(16)13-14(12-20)5-3-9-19/h1-2,6,8,14,16H,3-5,7,10-11,13H2/t14-,16+/m1/s1. The number of nitriles is 2. The van der Waals surface area contributed by atoms with Gasteiger partial charge in [-0.3, -0.25) is 4.90 Å². The van der Waals surface area contributed by atoms with Crippen molar-refractivity contribution < 1.29 is 0 Å². The van der Waals surface area contributed by atoms with Crippen LogP contribution in [0.3, 0.4) is 0 Å². The minimum atomic E-state index is -0.0449. The van der Waals surface area contributed by atoms with E-state index in [0.29, 0.717) is 18.9 Å². The van der Waals surface area contributed by atoms with E-state index >= 15 is 0 Å². The van der Waals surface area contributed by atoms with Gasteiger partial charge < -0.3 is 0 Å². The fourth-order valence-corrected chi connectivity index (χ4v) is 3.22. The van der Waals surface area contributed by atoms with Gasteiger partial charge in [-0.1, -0.05) is 29.8 Å². The number of nitrogens with zero attached hydrogens (tertiary/aromatic N) is 3. The van der Waals surface area contributed by atoms with Crippen LogP contribution >= 0.6 is 11.6 Å². The van der Waals surface area contributed by atoms with Crippen molar-refractivity contribution in [2.45, 2.75) is 38.1 Å². The van der Waals surface area contributed by atoms with E-state index in [-0.39, 0.29) is 5.92 Å². The van der Waals surface area contributed by atoms with Crippen molar-refractivity contribution in [2.75, 3.05) is 13.1 Å². The predicted molar refractivity (Wildman–Crippen MR) is 83.7 cm³/mol. The molecule has 1 fully saturated rings. The molecule has 2 atom stereocenters. The van der Waals surface area contributed by atoms with Gasteiger partial charge in [-0.15, -0.1) is 0 Å². The molecule has 3 nitrogen and oxygen atoms in total. The number of benzene rings is 1. The van der Waals surface area contributed by atoms with Crippen molar-refractivity contribution in [1.82, 2.24) is 4.90 Å². The third-order valence-electron chi connectivity index (χ3n) is 4.15. The Balaban J connectivity index is 1.96. The molecule has 2 rings (SSSR count). The third kappa shape index (κ3) is 4.46. The van der Waals surface area contributed by atoms with Gasteiger partial charge in [0, 0.05) is 24.0 Å². The Morgan fingerprint density at radius 2 is 2.14 bits per heavy atom. The van der Waals surface area contributed by atoms with Crippen LogP contribution in [0.5, 0.6) is 0 Å². The average molecular weight is 302 g/mol. The summed E-state index contributed by atoms with van der Waals surface area (Å²) in [6.45, 7) is 1.81. The zero-order valence-corrected chi connectivity index (χ0v) is 12.9. The van der Waals surface area contributed by atoms with Gasteiger partial charge in [0.25, 0.3) is 0 Å². The van der Waals surface area contributed by atoms with E-state index in [0.717, 1.165) is 31.0 Å². The molecule has 0 radical (unpaired) electrons. The monoisotopic (exact) mass is 301 g/mol. The minimum Gasteiger partial charge on any atom is -0.299 e. The molecule has 0 aliphatic carbocycles. The van der Waals surface area contributed by atoms with E-state index < -0.39 is 0 Å². The van der Waals surface area contributed by atoms with Crippen LogP contribution in [0, 0.1) is 28.6 Å². The van der Waals surface area contributed by atoms with Crippen LogP contribution in [-0.2, 0) is 6.42 Å². The second kappa shape index (κ2) is 8.03. The molecule has 0 N–H and O–H groups in total. The highest BCUT2D eigenvalue weighted by atomic mass is 35.5. The van der Waals surface area contributed by atoms with Gasteiger partial charge in [-0.05, 0) is 43.9 Å². The van der Waals surface area contributed by atoms with Crippen LogP contribution in [0.1, 0.15) is 31.2 Å². The van der Waals surface area contributed by atoms with Crippen molar-refractivity contribution in [3.05, 3.63) is 34.9 Å². The van der Waals surface area contributed by atoms with Crippen molar-refractivity contribution in [3.63, 3.8) is 0 Å². The number of hydrogen-bond donors (Lipinski definition) is 0. The Morgan fingerprint density at radius 1 is 1.33 bits per heavy atom. The highest BCUT2D eigenvalue weighted by Crippen LogP contribution is 2.26. The smallest absolute Gasteiger partial charge is 0.0669 e. The molecule has 0 bridgehead atoms. The fraction of sp³-hybridized carbons (Fsp3) is 0.529. The molecule has 21 heavy (non-hydrogen) atoms. The lowest BCUT2D eigenvalue weighted by Crippen LogP contribution is -2.35. The zero-order chi connectivity index (χ0) is 15.1. The van der Waals surface area contributed by atoms with Crippen LogP contribution in [0.4, 0.5) is 0 Å². The highest BCUT2D eigenvalue weighted by Gasteiger charge is 2.27. The summed E-state index contributed by atoms with van der Waals surface area (Å²) in [6, 6.07) is 12.9. The van der Waals surface area contributed by atoms with Crippen LogP contribution < -0.4 is 0 Å². The molecule has 1 aromatic carbocycles. The number of likely N-dealkylation sites (tertiary alicyclic amines) is 1. The summed E-state index contributed by atoms with van der Waals surface area (Å²) < 4.78 is 0. The molecular weight excluding hydrogens is 282 g/mol. The first-order valence-corrected chi connectivity index (χ1v) is 7.86. The van der Waals surface area contributed by atoms with Gasteiger partial charge in [0.05, 0.1) is 18.1 Å². The van der Waals surface area contributed by atoms with Gasteiger partial charge in [0.1, 0.15) is 0 Å². The van der Waals surface area contributed by atoms with E-state index in [2.05, 4.69) is 23.1 Å². The molecule has 1 heterocycles. The van der Waals surface area contributed by atoms with Crippen molar-refractivity contribution >= 4 is 11.6 Å². The Labute approximate surface area is 131 Å². The van der Waals surface area contributed by atoms with Gasteiger partial charge in [0.2, 0.25) is 0 Å². The summed E-state index contributed by atoms with van der Waals surface area (Å²) in [6.07, 6.45) is 4.40. The first-order chi connectivity index (χ1) is 10.2. The summed E-state index contributed by atoms with van der Waals surface area (Å²) in [4.78, 5) is 2.40. The Hall–Kier alpha value is -1.55. The van der Waals surface area contributed by atoms with Crippen molar-refractivity contribution in [2.24, 2.45) is 5.92 Å². The second-order valence-corrected chi connectivity index (χ2v) is 6.02. The molecule has 110 valence electrons.